The lowest BCUT2D eigenvalue weighted by atomic mass is 10.2. The van der Waals surface area contributed by atoms with E-state index in [4.69, 9.17) is 0 Å². The molecule has 0 saturated carbocycles. The van der Waals surface area contributed by atoms with Crippen molar-refractivity contribution in [1.29, 1.82) is 0 Å². The van der Waals surface area contributed by atoms with Crippen LogP contribution in [0.25, 0.3) is 0 Å². The first-order chi connectivity index (χ1) is 9.80. The molecule has 2 rings (SSSR count). The molecule has 1 aromatic rings. The van der Waals surface area contributed by atoms with Gasteiger partial charge in [-0.3, -0.25) is 0 Å². The minimum absolute atomic E-state index is 0.0340. The van der Waals surface area contributed by atoms with E-state index in [1.54, 1.807) is 0 Å². The van der Waals surface area contributed by atoms with Crippen LogP contribution in [0.15, 0.2) is 6.07 Å². The molecule has 2 atom stereocenters. The summed E-state index contributed by atoms with van der Waals surface area (Å²) in [6, 6.07) is 2.21. The molecular weight excluding hydrogens is 288 g/mol. The molecule has 1 N–H and O–H groups in total. The fourth-order valence-electron chi connectivity index (χ4n) is 2.38. The Hall–Kier alpha value is -1.37. The van der Waals surface area contributed by atoms with Crippen molar-refractivity contribution >= 4 is 21.6 Å². The predicted octanol–water partition coefficient (Wildman–Crippen LogP) is 1.62. The second-order valence-electron chi connectivity index (χ2n) is 5.82. The largest absolute Gasteiger partial charge is 0.367 e. The maximum absolute atomic E-state index is 11.6. The van der Waals surface area contributed by atoms with Crippen molar-refractivity contribution in [3.63, 3.8) is 0 Å². The normalized spacial score (nSPS) is 22.0. The number of sulfone groups is 1. The van der Waals surface area contributed by atoms with E-state index in [9.17, 15) is 8.42 Å². The van der Waals surface area contributed by atoms with E-state index in [1.807, 2.05) is 24.9 Å². The molecule has 1 aromatic heterocycles. The molecule has 1 aliphatic rings. The number of aryl methyl sites for hydroxylation is 1. The fraction of sp³-hybridized carbons (Fsp3) is 0.714. The van der Waals surface area contributed by atoms with Gasteiger partial charge in [0.25, 0.3) is 0 Å². The number of hydrogen-bond donors (Lipinski definition) is 1. The minimum atomic E-state index is -2.90. The number of rotatable bonds is 5. The maximum atomic E-state index is 11.6. The molecule has 0 spiro atoms. The zero-order valence-electron chi connectivity index (χ0n) is 13.1. The molecule has 0 aromatic carbocycles. The van der Waals surface area contributed by atoms with Gasteiger partial charge in [0.1, 0.15) is 5.82 Å². The van der Waals surface area contributed by atoms with Gasteiger partial charge in [-0.25, -0.2) is 13.4 Å². The first kappa shape index (κ1) is 16.0. The van der Waals surface area contributed by atoms with Gasteiger partial charge < -0.3 is 10.2 Å². The number of nitrogens with one attached hydrogen (secondary N) is 1. The maximum Gasteiger partial charge on any atom is 0.227 e. The molecule has 2 unspecified atom stereocenters. The van der Waals surface area contributed by atoms with Crippen LogP contribution in [0.5, 0.6) is 0 Å². The lowest BCUT2D eigenvalue weighted by molar-refractivity contribution is 0.600. The van der Waals surface area contributed by atoms with Crippen LogP contribution in [0.2, 0.25) is 0 Å². The zero-order chi connectivity index (χ0) is 15.6. The molecule has 0 radical (unpaired) electrons. The molecular formula is C14H24N4O2S. The third-order valence-electron chi connectivity index (χ3n) is 3.92. The summed E-state index contributed by atoms with van der Waals surface area (Å²) in [6.07, 6.45) is 1.65. The van der Waals surface area contributed by atoms with Gasteiger partial charge in [-0.15, -0.1) is 0 Å². The number of anilines is 2. The van der Waals surface area contributed by atoms with Gasteiger partial charge in [-0.2, -0.15) is 4.98 Å². The molecule has 0 bridgehead atoms. The Morgan fingerprint density at radius 1 is 1.48 bits per heavy atom. The van der Waals surface area contributed by atoms with Crippen molar-refractivity contribution < 1.29 is 8.42 Å². The van der Waals surface area contributed by atoms with E-state index >= 15 is 0 Å². The van der Waals surface area contributed by atoms with Crippen molar-refractivity contribution in [2.24, 2.45) is 0 Å². The summed E-state index contributed by atoms with van der Waals surface area (Å²) < 4.78 is 23.2. The molecule has 21 heavy (non-hydrogen) atoms. The lowest BCUT2D eigenvalue weighted by Crippen LogP contribution is -2.34. The van der Waals surface area contributed by atoms with Crippen molar-refractivity contribution in [3.05, 3.63) is 11.8 Å². The van der Waals surface area contributed by atoms with Crippen molar-refractivity contribution in [2.75, 3.05) is 28.8 Å². The van der Waals surface area contributed by atoms with E-state index in [1.165, 1.54) is 0 Å². The van der Waals surface area contributed by atoms with E-state index in [2.05, 4.69) is 29.1 Å². The van der Waals surface area contributed by atoms with Crippen molar-refractivity contribution in [1.82, 2.24) is 9.97 Å². The minimum Gasteiger partial charge on any atom is -0.367 e. The average Bonchev–Trinajstić information content (AvgIpc) is 2.77. The van der Waals surface area contributed by atoms with Crippen LogP contribution in [0, 0.1) is 6.92 Å². The first-order valence-electron chi connectivity index (χ1n) is 7.36. The van der Waals surface area contributed by atoms with Gasteiger partial charge in [-0.1, -0.05) is 6.92 Å². The zero-order valence-corrected chi connectivity index (χ0v) is 13.9. The summed E-state index contributed by atoms with van der Waals surface area (Å²) >= 11 is 0. The topological polar surface area (TPSA) is 75.2 Å². The van der Waals surface area contributed by atoms with Crippen LogP contribution in [0.1, 0.15) is 32.4 Å². The standard InChI is InChI=1S/C14H24N4O2S/c1-5-10(2)15-13-8-11(3)16-14(17-13)18(4)12-6-7-21(19,20)9-12/h8,10,12H,5-7,9H2,1-4H3,(H,15,16,17). The Morgan fingerprint density at radius 2 is 2.19 bits per heavy atom. The van der Waals surface area contributed by atoms with E-state index < -0.39 is 9.84 Å². The van der Waals surface area contributed by atoms with Crippen LogP contribution in [0.3, 0.4) is 0 Å². The van der Waals surface area contributed by atoms with Gasteiger partial charge in [0.15, 0.2) is 9.84 Å². The van der Waals surface area contributed by atoms with Crippen molar-refractivity contribution in [2.45, 2.75) is 45.7 Å². The van der Waals surface area contributed by atoms with E-state index in [0.29, 0.717) is 18.4 Å². The van der Waals surface area contributed by atoms with Gasteiger partial charge in [-0.05, 0) is 26.7 Å². The second kappa shape index (κ2) is 6.17. The summed E-state index contributed by atoms with van der Waals surface area (Å²) in [5.41, 5.74) is 0.874. The van der Waals surface area contributed by atoms with Gasteiger partial charge in [0.2, 0.25) is 5.95 Å². The molecule has 0 amide bonds. The Labute approximate surface area is 126 Å². The summed E-state index contributed by atoms with van der Waals surface area (Å²) in [7, 11) is -1.04. The molecule has 1 fully saturated rings. The van der Waals surface area contributed by atoms with E-state index in [0.717, 1.165) is 17.9 Å². The van der Waals surface area contributed by atoms with Gasteiger partial charge in [0.05, 0.1) is 11.5 Å². The summed E-state index contributed by atoms with van der Waals surface area (Å²) in [6.45, 7) is 6.14. The molecule has 118 valence electrons. The van der Waals surface area contributed by atoms with Crippen LogP contribution in [-0.2, 0) is 9.84 Å². The number of aromatic nitrogens is 2. The highest BCUT2D eigenvalue weighted by atomic mass is 32.2. The first-order valence-corrected chi connectivity index (χ1v) is 9.18. The Bertz CT molecular complexity index is 603. The van der Waals surface area contributed by atoms with Gasteiger partial charge >= 0.3 is 0 Å². The van der Waals surface area contributed by atoms with Crippen LogP contribution in [0.4, 0.5) is 11.8 Å². The molecule has 0 aliphatic carbocycles. The monoisotopic (exact) mass is 312 g/mol. The number of hydrogen-bond acceptors (Lipinski definition) is 6. The lowest BCUT2D eigenvalue weighted by Gasteiger charge is -2.24. The highest BCUT2D eigenvalue weighted by Crippen LogP contribution is 2.22. The summed E-state index contributed by atoms with van der Waals surface area (Å²) in [5, 5.41) is 3.34. The average molecular weight is 312 g/mol. The third kappa shape index (κ3) is 4.06. The Kier molecular flexibility index (Phi) is 4.70. The highest BCUT2D eigenvalue weighted by Gasteiger charge is 2.31. The quantitative estimate of drug-likeness (QED) is 0.890. The van der Waals surface area contributed by atoms with Crippen molar-refractivity contribution in [3.8, 4) is 0 Å². The van der Waals surface area contributed by atoms with Crippen LogP contribution in [-0.4, -0.2) is 49.0 Å². The summed E-state index contributed by atoms with van der Waals surface area (Å²) in [4.78, 5) is 10.9. The number of nitrogens with zero attached hydrogens (tertiary/aromatic N) is 3. The van der Waals surface area contributed by atoms with Crippen LogP contribution >= 0.6 is 0 Å². The molecule has 7 heteroatoms. The van der Waals surface area contributed by atoms with Gasteiger partial charge in [0, 0.05) is 30.9 Å². The molecule has 1 aliphatic heterocycles. The molecule has 2 heterocycles. The van der Waals surface area contributed by atoms with Crippen LogP contribution < -0.4 is 10.2 Å². The SMILES string of the molecule is CCC(C)Nc1cc(C)nc(N(C)C2CCS(=O)(=O)C2)n1. The predicted molar refractivity (Wildman–Crippen MR) is 85.6 cm³/mol. The third-order valence-corrected chi connectivity index (χ3v) is 5.67. The second-order valence-corrected chi connectivity index (χ2v) is 8.04. The fourth-order valence-corrected chi connectivity index (χ4v) is 4.16. The Morgan fingerprint density at radius 3 is 2.76 bits per heavy atom. The smallest absolute Gasteiger partial charge is 0.227 e. The molecule has 1 saturated heterocycles. The van der Waals surface area contributed by atoms with E-state index in [-0.39, 0.29) is 17.5 Å². The highest BCUT2D eigenvalue weighted by molar-refractivity contribution is 7.91. The molecule has 6 nitrogen and oxygen atoms in total. The Balaban J connectivity index is 2.19. The summed E-state index contributed by atoms with van der Waals surface area (Å²) in [5.74, 6) is 1.82.